The zero-order valence-electron chi connectivity index (χ0n) is 18.1. The molecule has 0 aliphatic carbocycles. The Morgan fingerprint density at radius 1 is 1.15 bits per heavy atom. The number of rotatable bonds is 8. The normalized spacial score (nSPS) is 16.1. The monoisotopic (exact) mass is 490 g/mol. The van der Waals surface area contributed by atoms with E-state index in [0.29, 0.717) is 53.9 Å². The molecule has 1 amide bonds. The van der Waals surface area contributed by atoms with Gasteiger partial charge in [0, 0.05) is 17.3 Å². The van der Waals surface area contributed by atoms with E-state index in [0.717, 1.165) is 11.6 Å². The van der Waals surface area contributed by atoms with Gasteiger partial charge in [-0.05, 0) is 56.0 Å². The molecule has 178 valence electrons. The van der Waals surface area contributed by atoms with E-state index in [1.54, 1.807) is 13.0 Å². The van der Waals surface area contributed by atoms with Gasteiger partial charge in [0.25, 0.3) is 5.24 Å². The van der Waals surface area contributed by atoms with E-state index in [1.165, 1.54) is 6.07 Å². The molecule has 1 N–H and O–H groups in total. The van der Waals surface area contributed by atoms with Crippen molar-refractivity contribution in [1.82, 2.24) is 10.3 Å². The van der Waals surface area contributed by atoms with Gasteiger partial charge in [-0.1, -0.05) is 24.3 Å². The number of halogens is 3. The van der Waals surface area contributed by atoms with Gasteiger partial charge in [-0.2, -0.15) is 13.2 Å². The van der Waals surface area contributed by atoms with Gasteiger partial charge in [-0.15, -0.1) is 0 Å². The van der Waals surface area contributed by atoms with Crippen molar-refractivity contribution in [2.75, 3.05) is 0 Å². The van der Waals surface area contributed by atoms with Crippen LogP contribution in [0.2, 0.25) is 0 Å². The lowest BCUT2D eigenvalue weighted by Gasteiger charge is -2.15. The SMILES string of the molecule is Cc1oc(-c2ccccc2)nc1COc1ccc(CCCC2NC(=O)SC2=O)cc1C(F)(F)F. The minimum absolute atomic E-state index is 0.175. The number of hydrogen-bond donors (Lipinski definition) is 1. The average molecular weight is 491 g/mol. The molecule has 3 aromatic rings. The van der Waals surface area contributed by atoms with Crippen molar-refractivity contribution in [1.29, 1.82) is 0 Å². The average Bonchev–Trinajstić information content (AvgIpc) is 3.33. The number of aromatic nitrogens is 1. The van der Waals surface area contributed by atoms with Crippen molar-refractivity contribution in [3.8, 4) is 17.2 Å². The minimum atomic E-state index is -4.61. The highest BCUT2D eigenvalue weighted by atomic mass is 32.2. The van der Waals surface area contributed by atoms with Crippen LogP contribution >= 0.6 is 11.8 Å². The van der Waals surface area contributed by atoms with Crippen LogP contribution in [0.4, 0.5) is 18.0 Å². The van der Waals surface area contributed by atoms with E-state index in [-0.39, 0.29) is 17.5 Å². The Morgan fingerprint density at radius 3 is 2.59 bits per heavy atom. The Labute approximate surface area is 197 Å². The first-order valence-corrected chi connectivity index (χ1v) is 11.4. The largest absolute Gasteiger partial charge is 0.487 e. The van der Waals surface area contributed by atoms with Gasteiger partial charge >= 0.3 is 6.18 Å². The molecule has 0 bridgehead atoms. The molecule has 1 aliphatic heterocycles. The number of oxazole rings is 1. The third-order valence-electron chi connectivity index (χ3n) is 5.36. The predicted octanol–water partition coefficient (Wildman–Crippen LogP) is 5.92. The number of carbonyl (C=O) groups is 2. The maximum atomic E-state index is 13.7. The second-order valence-corrected chi connectivity index (χ2v) is 8.78. The molecule has 1 unspecified atom stereocenters. The van der Waals surface area contributed by atoms with Crippen LogP contribution in [0.1, 0.15) is 35.4 Å². The molecule has 6 nitrogen and oxygen atoms in total. The summed E-state index contributed by atoms with van der Waals surface area (Å²) in [6.45, 7) is 1.51. The zero-order chi connectivity index (χ0) is 24.3. The zero-order valence-corrected chi connectivity index (χ0v) is 19.0. The Kier molecular flexibility index (Phi) is 6.97. The predicted molar refractivity (Wildman–Crippen MR) is 120 cm³/mol. The van der Waals surface area contributed by atoms with Crippen LogP contribution < -0.4 is 10.1 Å². The number of aryl methyl sites for hydroxylation is 2. The van der Waals surface area contributed by atoms with Crippen molar-refractivity contribution in [2.45, 2.75) is 45.0 Å². The summed E-state index contributed by atoms with van der Waals surface area (Å²) in [6.07, 6.45) is -3.45. The fourth-order valence-electron chi connectivity index (χ4n) is 3.59. The lowest BCUT2D eigenvalue weighted by molar-refractivity contribution is -0.139. The molecular formula is C24H21F3N2O4S. The third kappa shape index (κ3) is 5.61. The maximum Gasteiger partial charge on any atom is 0.419 e. The smallest absolute Gasteiger partial charge is 0.419 e. The summed E-state index contributed by atoms with van der Waals surface area (Å²) in [5, 5.41) is 1.89. The van der Waals surface area contributed by atoms with Crippen molar-refractivity contribution >= 4 is 22.1 Å². The van der Waals surface area contributed by atoms with Crippen molar-refractivity contribution in [2.24, 2.45) is 0 Å². The van der Waals surface area contributed by atoms with Gasteiger partial charge in [0.2, 0.25) is 11.0 Å². The van der Waals surface area contributed by atoms with Crippen LogP contribution in [-0.2, 0) is 24.0 Å². The number of nitrogens with zero attached hydrogens (tertiary/aromatic N) is 1. The fourth-order valence-corrected chi connectivity index (χ4v) is 4.29. The number of carbonyl (C=O) groups excluding carboxylic acids is 2. The van der Waals surface area contributed by atoms with Crippen molar-refractivity contribution < 1.29 is 31.9 Å². The van der Waals surface area contributed by atoms with Crippen LogP contribution in [-0.4, -0.2) is 21.4 Å². The second kappa shape index (κ2) is 9.92. The maximum absolute atomic E-state index is 13.7. The van der Waals surface area contributed by atoms with Crippen LogP contribution in [0.25, 0.3) is 11.5 Å². The highest BCUT2D eigenvalue weighted by molar-refractivity contribution is 8.26. The standard InChI is InChI=1S/C24H21F3N2O4S/c1-14-19(28-21(33-14)16-7-3-2-4-8-16)13-32-20-11-10-15(12-17(20)24(25,26)27)6-5-9-18-22(30)34-23(31)29-18/h2-4,7-8,10-12,18H,5-6,9,13H2,1H3,(H,29,31). The number of hydrogen-bond acceptors (Lipinski definition) is 6. The minimum Gasteiger partial charge on any atom is -0.487 e. The van der Waals surface area contributed by atoms with E-state index in [2.05, 4.69) is 10.3 Å². The first-order valence-electron chi connectivity index (χ1n) is 10.6. The fraction of sp³-hybridized carbons (Fsp3) is 0.292. The van der Waals surface area contributed by atoms with Gasteiger partial charge in [-0.25, -0.2) is 4.98 Å². The molecule has 0 spiro atoms. The lowest BCUT2D eigenvalue weighted by atomic mass is 10.0. The van der Waals surface area contributed by atoms with E-state index in [4.69, 9.17) is 9.15 Å². The van der Waals surface area contributed by atoms with Crippen LogP contribution in [0.5, 0.6) is 5.75 Å². The van der Waals surface area contributed by atoms with Gasteiger partial charge in [0.1, 0.15) is 23.8 Å². The van der Waals surface area contributed by atoms with E-state index in [9.17, 15) is 22.8 Å². The third-order valence-corrected chi connectivity index (χ3v) is 6.14. The lowest BCUT2D eigenvalue weighted by Crippen LogP contribution is -2.28. The van der Waals surface area contributed by atoms with Crippen LogP contribution in [0.3, 0.4) is 0 Å². The summed E-state index contributed by atoms with van der Waals surface area (Å²) >= 11 is 0.621. The number of thioether (sulfide) groups is 1. The van der Waals surface area contributed by atoms with Gasteiger partial charge in [0.15, 0.2) is 0 Å². The van der Waals surface area contributed by atoms with Crippen molar-refractivity contribution in [3.63, 3.8) is 0 Å². The highest BCUT2D eigenvalue weighted by Crippen LogP contribution is 2.37. The molecule has 1 aliphatic rings. The topological polar surface area (TPSA) is 81.4 Å². The summed E-state index contributed by atoms with van der Waals surface area (Å²) in [5.41, 5.74) is 0.759. The highest BCUT2D eigenvalue weighted by Gasteiger charge is 2.35. The summed E-state index contributed by atoms with van der Waals surface area (Å²) in [4.78, 5) is 27.2. The second-order valence-electron chi connectivity index (χ2n) is 7.80. The molecule has 2 aromatic carbocycles. The van der Waals surface area contributed by atoms with Crippen LogP contribution in [0.15, 0.2) is 52.9 Å². The molecule has 1 saturated heterocycles. The number of ether oxygens (including phenoxy) is 1. The number of benzene rings is 2. The number of nitrogens with one attached hydrogen (secondary N) is 1. The molecule has 1 atom stereocenters. The molecule has 1 aromatic heterocycles. The number of amides is 1. The molecular weight excluding hydrogens is 469 g/mol. The van der Waals surface area contributed by atoms with E-state index >= 15 is 0 Å². The molecule has 10 heteroatoms. The molecule has 34 heavy (non-hydrogen) atoms. The Bertz CT molecular complexity index is 1190. The number of alkyl halides is 3. The quantitative estimate of drug-likeness (QED) is 0.422. The van der Waals surface area contributed by atoms with E-state index < -0.39 is 23.0 Å². The summed E-state index contributed by atoms with van der Waals surface area (Å²) in [7, 11) is 0. The summed E-state index contributed by atoms with van der Waals surface area (Å²) in [5.74, 6) is 0.545. The Morgan fingerprint density at radius 2 is 1.91 bits per heavy atom. The van der Waals surface area contributed by atoms with Gasteiger partial charge in [-0.3, -0.25) is 9.59 Å². The van der Waals surface area contributed by atoms with Crippen LogP contribution in [0, 0.1) is 6.92 Å². The van der Waals surface area contributed by atoms with Crippen molar-refractivity contribution in [3.05, 3.63) is 71.1 Å². The van der Waals surface area contributed by atoms with Gasteiger partial charge in [0.05, 0.1) is 11.6 Å². The van der Waals surface area contributed by atoms with E-state index in [1.807, 2.05) is 30.3 Å². The first kappa shape index (κ1) is 23.9. The molecule has 1 fully saturated rings. The summed E-state index contributed by atoms with van der Waals surface area (Å²) in [6, 6.07) is 12.5. The Hall–Kier alpha value is -3.27. The Balaban J connectivity index is 1.43. The molecule has 4 rings (SSSR count). The van der Waals surface area contributed by atoms with Gasteiger partial charge < -0.3 is 14.5 Å². The first-order chi connectivity index (χ1) is 16.2. The molecule has 0 radical (unpaired) electrons. The molecule has 0 saturated carbocycles. The summed E-state index contributed by atoms with van der Waals surface area (Å²) < 4.78 is 52.3. The molecule has 2 heterocycles.